The highest BCUT2D eigenvalue weighted by Crippen LogP contribution is 2.32. The summed E-state index contributed by atoms with van der Waals surface area (Å²) in [5.74, 6) is 2.13. The van der Waals surface area contributed by atoms with Gasteiger partial charge >= 0.3 is 0 Å². The van der Waals surface area contributed by atoms with E-state index >= 15 is 0 Å². The average molecular weight is 576 g/mol. The molecule has 0 radical (unpaired) electrons. The number of nitrogens with zero attached hydrogens (tertiary/aromatic N) is 3. The highest BCUT2D eigenvalue weighted by molar-refractivity contribution is 7.99. The van der Waals surface area contributed by atoms with Crippen LogP contribution >= 0.6 is 35.0 Å². The van der Waals surface area contributed by atoms with Crippen LogP contribution in [0.25, 0.3) is 11.1 Å². The molecule has 2 aromatic carbocycles. The fraction of sp³-hybridized carbons (Fsp3) is 0.393. The summed E-state index contributed by atoms with van der Waals surface area (Å²) in [6.45, 7) is 1.68. The van der Waals surface area contributed by atoms with Crippen LogP contribution in [0.15, 0.2) is 53.9 Å². The maximum atomic E-state index is 12.4. The van der Waals surface area contributed by atoms with Crippen molar-refractivity contribution in [1.82, 2.24) is 20.2 Å². The van der Waals surface area contributed by atoms with Gasteiger partial charge in [-0.05, 0) is 67.6 Å². The minimum Gasteiger partial charge on any atom is -0.493 e. The Bertz CT molecular complexity index is 1250. The molecule has 7 nitrogen and oxygen atoms in total. The van der Waals surface area contributed by atoms with E-state index in [1.807, 2.05) is 36.4 Å². The Morgan fingerprint density at radius 1 is 1.05 bits per heavy atom. The van der Waals surface area contributed by atoms with Gasteiger partial charge in [-0.3, -0.25) is 4.79 Å². The number of aromatic nitrogens is 2. The number of rotatable bonds is 11. The largest absolute Gasteiger partial charge is 0.493 e. The number of hydrogen-bond acceptors (Lipinski definition) is 7. The number of benzene rings is 2. The maximum Gasteiger partial charge on any atom is 0.230 e. The minimum absolute atomic E-state index is 0.0180. The summed E-state index contributed by atoms with van der Waals surface area (Å²) >= 11 is 13.5. The van der Waals surface area contributed by atoms with Gasteiger partial charge in [-0.15, -0.1) is 0 Å². The third-order valence-corrected chi connectivity index (χ3v) is 8.38. The molecule has 4 rings (SSSR count). The summed E-state index contributed by atoms with van der Waals surface area (Å²) in [5, 5.41) is 4.79. The van der Waals surface area contributed by atoms with E-state index in [9.17, 15) is 4.79 Å². The number of carbonyl (C=O) groups is 1. The van der Waals surface area contributed by atoms with Gasteiger partial charge in [0.15, 0.2) is 16.7 Å². The Labute approximate surface area is 238 Å². The van der Waals surface area contributed by atoms with Gasteiger partial charge in [-0.25, -0.2) is 9.97 Å². The average Bonchev–Trinajstić information content (AvgIpc) is 3.27. The van der Waals surface area contributed by atoms with Crippen LogP contribution in [0.1, 0.15) is 18.4 Å². The molecule has 1 fully saturated rings. The third-order valence-electron chi connectivity index (χ3n) is 6.76. The fourth-order valence-electron chi connectivity index (χ4n) is 4.80. The highest BCUT2D eigenvalue weighted by Gasteiger charge is 2.29. The number of likely N-dealkylation sites (tertiary alicyclic amines) is 1. The fourth-order valence-corrected chi connectivity index (χ4v) is 5.73. The molecule has 0 saturated carbocycles. The van der Waals surface area contributed by atoms with Crippen LogP contribution in [0.5, 0.6) is 11.5 Å². The van der Waals surface area contributed by atoms with Crippen molar-refractivity contribution in [3.05, 3.63) is 64.4 Å². The van der Waals surface area contributed by atoms with Crippen molar-refractivity contribution in [3.63, 3.8) is 0 Å². The number of halogens is 2. The Morgan fingerprint density at radius 3 is 2.53 bits per heavy atom. The van der Waals surface area contributed by atoms with Gasteiger partial charge in [-0.2, -0.15) is 0 Å². The molecule has 0 bridgehead atoms. The molecule has 1 aliphatic rings. The van der Waals surface area contributed by atoms with Crippen LogP contribution in [0.3, 0.4) is 0 Å². The van der Waals surface area contributed by atoms with E-state index in [0.717, 1.165) is 36.9 Å². The van der Waals surface area contributed by atoms with E-state index in [-0.39, 0.29) is 11.7 Å². The summed E-state index contributed by atoms with van der Waals surface area (Å²) in [5.41, 5.74) is 2.99. The normalized spacial score (nSPS) is 17.4. The first-order valence-corrected chi connectivity index (χ1v) is 14.2. The van der Waals surface area contributed by atoms with Crippen LogP contribution in [-0.4, -0.2) is 66.9 Å². The molecule has 1 saturated heterocycles. The van der Waals surface area contributed by atoms with Gasteiger partial charge in [0, 0.05) is 37.1 Å². The number of hydrogen-bond donors (Lipinski definition) is 1. The number of thioether (sulfide) groups is 1. The van der Waals surface area contributed by atoms with Crippen LogP contribution in [0.2, 0.25) is 10.0 Å². The summed E-state index contributed by atoms with van der Waals surface area (Å²) < 4.78 is 10.7. The number of nitrogens with one attached hydrogen (secondary N) is 1. The van der Waals surface area contributed by atoms with Crippen LogP contribution < -0.4 is 14.8 Å². The molecule has 0 aliphatic carbocycles. The molecule has 1 amide bonds. The van der Waals surface area contributed by atoms with E-state index in [1.54, 1.807) is 26.6 Å². The van der Waals surface area contributed by atoms with Gasteiger partial charge in [0.25, 0.3) is 0 Å². The zero-order valence-electron chi connectivity index (χ0n) is 21.7. The molecule has 3 aromatic rings. The van der Waals surface area contributed by atoms with Crippen molar-refractivity contribution in [2.24, 2.45) is 5.92 Å². The quantitative estimate of drug-likeness (QED) is 0.235. The number of ether oxygens (including phenoxy) is 2. The minimum atomic E-state index is -0.0180. The number of carbonyl (C=O) groups excluding carboxylic acids is 1. The van der Waals surface area contributed by atoms with Gasteiger partial charge in [0.05, 0.1) is 30.0 Å². The zero-order valence-corrected chi connectivity index (χ0v) is 24.1. The van der Waals surface area contributed by atoms with Crippen molar-refractivity contribution < 1.29 is 14.3 Å². The standard InChI is InChI=1S/C28H32Cl2N4O3S/c1-34-16-19(10-18-4-6-23(29)24(30)12-18)11-22(34)8-9-31-27(35)17-38-28-32-14-21(15-33-28)20-5-7-25(36-2)26(13-20)37-3/h4-7,12-15,19,22H,8-11,16-17H2,1-3H3,(H,31,35). The van der Waals surface area contributed by atoms with Gasteiger partial charge in [0.1, 0.15) is 0 Å². The Balaban J connectivity index is 1.19. The van der Waals surface area contributed by atoms with E-state index in [4.69, 9.17) is 32.7 Å². The summed E-state index contributed by atoms with van der Waals surface area (Å²) in [6.07, 6.45) is 6.49. The van der Waals surface area contributed by atoms with E-state index < -0.39 is 0 Å². The van der Waals surface area contributed by atoms with Gasteiger partial charge in [0.2, 0.25) is 5.91 Å². The lowest BCUT2D eigenvalue weighted by atomic mass is 9.96. The lowest BCUT2D eigenvalue weighted by Crippen LogP contribution is -2.32. The molecule has 2 heterocycles. The highest BCUT2D eigenvalue weighted by atomic mass is 35.5. The molecular formula is C28H32Cl2N4O3S. The van der Waals surface area contributed by atoms with E-state index in [2.05, 4.69) is 27.2 Å². The zero-order chi connectivity index (χ0) is 27.1. The number of amides is 1. The first-order valence-electron chi connectivity index (χ1n) is 12.4. The predicted octanol–water partition coefficient (Wildman–Crippen LogP) is 5.63. The first kappa shape index (κ1) is 28.5. The summed E-state index contributed by atoms with van der Waals surface area (Å²) in [6, 6.07) is 12.0. The summed E-state index contributed by atoms with van der Waals surface area (Å²) in [4.78, 5) is 23.6. The van der Waals surface area contributed by atoms with Crippen molar-refractivity contribution >= 4 is 40.9 Å². The lowest BCUT2D eigenvalue weighted by molar-refractivity contribution is -0.118. The van der Waals surface area contributed by atoms with Gasteiger partial charge in [-0.1, -0.05) is 47.1 Å². The van der Waals surface area contributed by atoms with Crippen LogP contribution in [-0.2, 0) is 11.2 Å². The predicted molar refractivity (Wildman–Crippen MR) is 154 cm³/mol. The molecule has 202 valence electrons. The molecule has 2 unspecified atom stereocenters. The maximum absolute atomic E-state index is 12.4. The van der Waals surface area contributed by atoms with Gasteiger partial charge < -0.3 is 19.7 Å². The first-order chi connectivity index (χ1) is 18.4. The Kier molecular flexibility index (Phi) is 10.1. The molecule has 0 spiro atoms. The summed E-state index contributed by atoms with van der Waals surface area (Å²) in [7, 11) is 5.36. The van der Waals surface area contributed by atoms with Crippen LogP contribution in [0.4, 0.5) is 0 Å². The smallest absolute Gasteiger partial charge is 0.230 e. The van der Waals surface area contributed by atoms with Crippen LogP contribution in [0, 0.1) is 5.92 Å². The SMILES string of the molecule is COc1ccc(-c2cnc(SCC(=O)NCCC3CC(Cc4ccc(Cl)c(Cl)c4)CN3C)nc2)cc1OC. The van der Waals surface area contributed by atoms with Crippen molar-refractivity contribution in [1.29, 1.82) is 0 Å². The van der Waals surface area contributed by atoms with Crippen molar-refractivity contribution in [2.45, 2.75) is 30.5 Å². The number of methoxy groups -OCH3 is 2. The molecule has 10 heteroatoms. The second kappa shape index (κ2) is 13.5. The molecule has 1 aromatic heterocycles. The van der Waals surface area contributed by atoms with E-state index in [0.29, 0.717) is 45.2 Å². The lowest BCUT2D eigenvalue weighted by Gasteiger charge is -2.19. The monoisotopic (exact) mass is 574 g/mol. The Morgan fingerprint density at radius 2 is 1.82 bits per heavy atom. The molecule has 1 aliphatic heterocycles. The second-order valence-corrected chi connectivity index (χ2v) is 11.2. The van der Waals surface area contributed by atoms with Crippen molar-refractivity contribution in [3.8, 4) is 22.6 Å². The molecule has 1 N–H and O–H groups in total. The third kappa shape index (κ3) is 7.53. The van der Waals surface area contributed by atoms with Crippen molar-refractivity contribution in [2.75, 3.05) is 40.1 Å². The molecular weight excluding hydrogens is 543 g/mol. The Hall–Kier alpha value is -2.52. The molecule has 38 heavy (non-hydrogen) atoms. The van der Waals surface area contributed by atoms with E-state index in [1.165, 1.54) is 17.3 Å². The topological polar surface area (TPSA) is 76.6 Å². The second-order valence-electron chi connectivity index (χ2n) is 9.40. The molecule has 2 atom stereocenters.